The van der Waals surface area contributed by atoms with Crippen molar-refractivity contribution in [3.05, 3.63) is 0 Å². The molecule has 0 aliphatic carbocycles. The molecule has 6 atom stereocenters. The Morgan fingerprint density at radius 1 is 0.248 bits per heavy atom. The van der Waals surface area contributed by atoms with Crippen LogP contribution in [0.15, 0.2) is 0 Å². The molecule has 0 spiro atoms. The van der Waals surface area contributed by atoms with E-state index in [-0.39, 0.29) is 25.7 Å². The number of phosphoric acid groups is 2. The molecule has 0 saturated carbocycles. The highest BCUT2D eigenvalue weighted by Crippen LogP contribution is 2.45. The van der Waals surface area contributed by atoms with E-state index < -0.39 is 97.5 Å². The van der Waals surface area contributed by atoms with E-state index in [0.717, 1.165) is 102 Å². The first-order valence-corrected chi connectivity index (χ1v) is 53.5. The summed E-state index contributed by atoms with van der Waals surface area (Å²) >= 11 is 0. The molecule has 0 fully saturated rings. The summed E-state index contributed by atoms with van der Waals surface area (Å²) in [6.07, 6.45) is 86.3. The molecular weight excluding hydrogens is 1510 g/mol. The lowest BCUT2D eigenvalue weighted by molar-refractivity contribution is -0.161. The predicted octanol–water partition coefficient (Wildman–Crippen LogP) is 30.9. The van der Waals surface area contributed by atoms with Crippen molar-refractivity contribution in [1.29, 1.82) is 0 Å². The summed E-state index contributed by atoms with van der Waals surface area (Å²) in [6, 6.07) is 0. The molecule has 0 aromatic rings. The molecule has 19 heteroatoms. The largest absolute Gasteiger partial charge is 0.472 e. The number of ether oxygens (including phenoxy) is 4. The number of esters is 4. The van der Waals surface area contributed by atoms with Gasteiger partial charge in [-0.05, 0) is 37.5 Å². The van der Waals surface area contributed by atoms with Crippen molar-refractivity contribution < 1.29 is 80.2 Å². The van der Waals surface area contributed by atoms with Crippen LogP contribution in [0.2, 0.25) is 0 Å². The Morgan fingerprint density at radius 3 is 0.650 bits per heavy atom. The van der Waals surface area contributed by atoms with Gasteiger partial charge < -0.3 is 33.8 Å². The average molecular weight is 1700 g/mol. The van der Waals surface area contributed by atoms with Gasteiger partial charge >= 0.3 is 39.5 Å². The maximum atomic E-state index is 13.2. The Bertz CT molecular complexity index is 2220. The summed E-state index contributed by atoms with van der Waals surface area (Å²) < 4.78 is 69.3. The molecule has 117 heavy (non-hydrogen) atoms. The van der Waals surface area contributed by atoms with Crippen molar-refractivity contribution in [3.8, 4) is 0 Å². The zero-order valence-electron chi connectivity index (χ0n) is 77.5. The molecule has 0 saturated heterocycles. The van der Waals surface area contributed by atoms with Crippen LogP contribution in [0, 0.1) is 11.8 Å². The van der Waals surface area contributed by atoms with Crippen LogP contribution in [0.4, 0.5) is 0 Å². The van der Waals surface area contributed by atoms with Crippen LogP contribution in [-0.4, -0.2) is 96.7 Å². The first kappa shape index (κ1) is 115. The maximum absolute atomic E-state index is 13.2. The minimum Gasteiger partial charge on any atom is -0.462 e. The van der Waals surface area contributed by atoms with E-state index in [1.165, 1.54) is 353 Å². The molecule has 0 amide bonds. The fraction of sp³-hybridized carbons (Fsp3) is 0.959. The van der Waals surface area contributed by atoms with Crippen molar-refractivity contribution in [2.75, 3.05) is 39.6 Å². The molecule has 0 aromatic carbocycles. The Hall–Kier alpha value is -1.94. The molecule has 3 unspecified atom stereocenters. The summed E-state index contributed by atoms with van der Waals surface area (Å²) in [6.45, 7) is 9.85. The number of hydrogen-bond donors (Lipinski definition) is 3. The van der Waals surface area contributed by atoms with Crippen molar-refractivity contribution in [2.24, 2.45) is 11.8 Å². The summed E-state index contributed by atoms with van der Waals surface area (Å²) in [5.74, 6) is -0.396. The van der Waals surface area contributed by atoms with E-state index in [1.807, 2.05) is 0 Å². The number of carbonyl (C=O) groups is 4. The zero-order chi connectivity index (χ0) is 85.5. The summed E-state index contributed by atoms with van der Waals surface area (Å²) in [7, 11) is -9.94. The van der Waals surface area contributed by atoms with Gasteiger partial charge in [0.1, 0.15) is 19.3 Å². The molecule has 3 N–H and O–H groups in total. The molecule has 0 bridgehead atoms. The number of phosphoric ester groups is 2. The molecule has 17 nitrogen and oxygen atoms in total. The topological polar surface area (TPSA) is 237 Å². The van der Waals surface area contributed by atoms with E-state index in [1.54, 1.807) is 0 Å². The van der Waals surface area contributed by atoms with Crippen LogP contribution in [0.5, 0.6) is 0 Å². The van der Waals surface area contributed by atoms with Gasteiger partial charge in [0.15, 0.2) is 12.2 Å². The van der Waals surface area contributed by atoms with E-state index in [2.05, 4.69) is 41.5 Å². The second-order valence-electron chi connectivity index (χ2n) is 35.9. The minimum absolute atomic E-state index is 0.109. The smallest absolute Gasteiger partial charge is 0.462 e. The highest BCUT2D eigenvalue weighted by molar-refractivity contribution is 7.47. The minimum atomic E-state index is -4.97. The van der Waals surface area contributed by atoms with Gasteiger partial charge in [-0.15, -0.1) is 0 Å². The van der Waals surface area contributed by atoms with Gasteiger partial charge in [0, 0.05) is 25.7 Å². The first-order chi connectivity index (χ1) is 56.9. The highest BCUT2D eigenvalue weighted by atomic mass is 31.2. The molecule has 0 aliphatic heterocycles. The summed E-state index contributed by atoms with van der Waals surface area (Å²) in [4.78, 5) is 73.6. The van der Waals surface area contributed by atoms with Crippen molar-refractivity contribution in [2.45, 2.75) is 554 Å². The fourth-order valence-electron chi connectivity index (χ4n) is 15.5. The summed E-state index contributed by atoms with van der Waals surface area (Å²) in [5.41, 5.74) is 0. The van der Waals surface area contributed by atoms with Gasteiger partial charge in [-0.25, -0.2) is 9.13 Å². The fourth-order valence-corrected chi connectivity index (χ4v) is 17.1. The quantitative estimate of drug-likeness (QED) is 0.0222. The van der Waals surface area contributed by atoms with Gasteiger partial charge in [-0.3, -0.25) is 37.3 Å². The molecule has 0 heterocycles. The van der Waals surface area contributed by atoms with E-state index in [9.17, 15) is 43.2 Å². The van der Waals surface area contributed by atoms with Crippen molar-refractivity contribution in [1.82, 2.24) is 0 Å². The number of carbonyl (C=O) groups excluding carboxylic acids is 4. The van der Waals surface area contributed by atoms with Gasteiger partial charge in [0.05, 0.1) is 26.4 Å². The van der Waals surface area contributed by atoms with E-state index >= 15 is 0 Å². The number of hydrogen-bond acceptors (Lipinski definition) is 15. The lowest BCUT2D eigenvalue weighted by atomic mass is 9.99. The third-order valence-corrected chi connectivity index (χ3v) is 25.5. The third-order valence-electron chi connectivity index (χ3n) is 23.6. The Labute approximate surface area is 721 Å². The lowest BCUT2D eigenvalue weighted by Gasteiger charge is -2.21. The molecular formula is C98H192O17P2. The van der Waals surface area contributed by atoms with Gasteiger partial charge in [0.25, 0.3) is 0 Å². The second-order valence-corrected chi connectivity index (χ2v) is 38.8. The predicted molar refractivity (Wildman–Crippen MR) is 488 cm³/mol. The standard InChI is InChI=1S/C98H192O17P2/c1-7-10-12-14-16-18-20-22-23-24-25-26-27-28-35-40-45-51-57-63-69-75-81-96(101)109-87-94(115-98(103)83-77-71-65-59-53-47-42-37-32-30-34-39-44-49-55-61-67-73-79-91(6)9-3)89-113-117(106,107)111-85-92(99)84-110-116(104,105)112-88-93(86-108-95(100)80-74-68-62-56-50-21-19-17-15-13-11-8-2)114-97(102)82-76-70-64-58-52-46-41-36-31-29-33-38-43-48-54-60-66-72-78-90(4)5/h90-94,99H,7-89H2,1-6H3,(H,104,105)(H,106,107)/t91?,92-,93+,94+/m0/s1. The summed E-state index contributed by atoms with van der Waals surface area (Å²) in [5, 5.41) is 10.7. The van der Waals surface area contributed by atoms with Gasteiger partial charge in [-0.2, -0.15) is 0 Å². The zero-order valence-corrected chi connectivity index (χ0v) is 79.3. The number of aliphatic hydroxyl groups excluding tert-OH is 1. The van der Waals surface area contributed by atoms with Crippen LogP contribution >= 0.6 is 15.6 Å². The van der Waals surface area contributed by atoms with Crippen LogP contribution in [0.1, 0.15) is 536 Å². The Kier molecular flexibility index (Phi) is 87.4. The lowest BCUT2D eigenvalue weighted by Crippen LogP contribution is -2.30. The van der Waals surface area contributed by atoms with Crippen LogP contribution in [0.3, 0.4) is 0 Å². The molecule has 0 rings (SSSR count). The average Bonchev–Trinajstić information content (AvgIpc) is 0.899. The SMILES string of the molecule is CCCCCCCCCCCCCCCCCCCCCCCCC(=O)OC[C@H](COP(=O)(O)OC[C@@H](O)COP(=O)(O)OC[C@@H](COC(=O)CCCCCCCCCCCCCC)OC(=O)CCCCCCCCCCCCCCCCCCCCC(C)C)OC(=O)CCCCCCCCCCCCCCCCCCCCC(C)CC. The van der Waals surface area contributed by atoms with Crippen LogP contribution in [-0.2, 0) is 65.4 Å². The Morgan fingerprint density at radius 2 is 0.436 bits per heavy atom. The van der Waals surface area contributed by atoms with Gasteiger partial charge in [0.2, 0.25) is 0 Å². The van der Waals surface area contributed by atoms with E-state index in [4.69, 9.17) is 37.0 Å². The van der Waals surface area contributed by atoms with Crippen LogP contribution in [0.25, 0.3) is 0 Å². The van der Waals surface area contributed by atoms with Crippen molar-refractivity contribution >= 4 is 39.5 Å². The third kappa shape index (κ3) is 90.1. The molecule has 0 radical (unpaired) electrons. The monoisotopic (exact) mass is 1700 g/mol. The highest BCUT2D eigenvalue weighted by Gasteiger charge is 2.31. The molecule has 0 aromatic heterocycles. The molecule has 696 valence electrons. The molecule has 0 aliphatic rings. The van der Waals surface area contributed by atoms with Crippen LogP contribution < -0.4 is 0 Å². The normalized spacial score (nSPS) is 13.9. The van der Waals surface area contributed by atoms with E-state index in [0.29, 0.717) is 25.7 Å². The number of aliphatic hydroxyl groups is 1. The second kappa shape index (κ2) is 88.9. The first-order valence-electron chi connectivity index (χ1n) is 50.5. The van der Waals surface area contributed by atoms with Gasteiger partial charge in [-0.1, -0.05) is 485 Å². The number of unbranched alkanes of at least 4 members (excludes halogenated alkanes) is 66. The van der Waals surface area contributed by atoms with Crippen molar-refractivity contribution in [3.63, 3.8) is 0 Å². The number of rotatable bonds is 97. The maximum Gasteiger partial charge on any atom is 0.472 e. The Balaban J connectivity index is 5.23.